The summed E-state index contributed by atoms with van der Waals surface area (Å²) in [7, 11) is 0. The number of carbonyl (C=O) groups is 1. The van der Waals surface area contributed by atoms with Gasteiger partial charge in [0.1, 0.15) is 12.4 Å². The minimum absolute atomic E-state index is 0.162. The van der Waals surface area contributed by atoms with Gasteiger partial charge in [-0.15, -0.1) is 0 Å². The highest BCUT2D eigenvalue weighted by Crippen LogP contribution is 2.22. The van der Waals surface area contributed by atoms with Crippen LogP contribution in [0.4, 0.5) is 4.79 Å². The fraction of sp³-hybridized carbons (Fsp3) is 0.182. The molecule has 0 aromatic heterocycles. The van der Waals surface area contributed by atoms with Crippen LogP contribution in [0.15, 0.2) is 18.2 Å². The van der Waals surface area contributed by atoms with Crippen molar-refractivity contribution in [3.05, 3.63) is 29.3 Å². The van der Waals surface area contributed by atoms with Crippen LogP contribution in [-0.4, -0.2) is 17.8 Å². The topological polar surface area (TPSA) is 58.6 Å². The molecule has 0 fully saturated rings. The average molecular weight is 203 g/mol. The standard InChI is InChI=1S/C11H9NO3/c13-5-1-2-8-3-4-10-9(6-8)7-12-11(14)15-10/h3-4,6,13H,5,7H2,(H,12,14). The molecule has 15 heavy (non-hydrogen) atoms. The second kappa shape index (κ2) is 4.03. The molecule has 0 aliphatic carbocycles. The van der Waals surface area contributed by atoms with E-state index in [0.717, 1.165) is 11.1 Å². The summed E-state index contributed by atoms with van der Waals surface area (Å²) in [4.78, 5) is 10.9. The maximum absolute atomic E-state index is 10.9. The molecule has 4 nitrogen and oxygen atoms in total. The first-order valence-corrected chi connectivity index (χ1v) is 4.48. The van der Waals surface area contributed by atoms with Crippen LogP contribution in [0.5, 0.6) is 5.75 Å². The molecule has 0 spiro atoms. The maximum atomic E-state index is 10.9. The van der Waals surface area contributed by atoms with E-state index in [-0.39, 0.29) is 6.61 Å². The SMILES string of the molecule is O=C1NCc2cc(C#CCO)ccc2O1. The highest BCUT2D eigenvalue weighted by molar-refractivity contribution is 5.73. The Labute approximate surface area is 86.9 Å². The summed E-state index contributed by atoms with van der Waals surface area (Å²) < 4.78 is 4.94. The molecule has 2 N–H and O–H groups in total. The number of aliphatic hydroxyl groups excluding tert-OH is 1. The molecular weight excluding hydrogens is 194 g/mol. The van der Waals surface area contributed by atoms with Crippen molar-refractivity contribution in [2.24, 2.45) is 0 Å². The number of hydrogen-bond acceptors (Lipinski definition) is 3. The van der Waals surface area contributed by atoms with Gasteiger partial charge in [-0.3, -0.25) is 0 Å². The third kappa shape index (κ3) is 2.09. The maximum Gasteiger partial charge on any atom is 0.412 e. The number of rotatable bonds is 0. The van der Waals surface area contributed by atoms with E-state index in [2.05, 4.69) is 17.2 Å². The molecule has 76 valence electrons. The second-order valence-electron chi connectivity index (χ2n) is 3.03. The molecule has 1 aromatic rings. The van der Waals surface area contributed by atoms with Crippen molar-refractivity contribution in [2.45, 2.75) is 6.54 Å². The lowest BCUT2D eigenvalue weighted by atomic mass is 10.1. The zero-order valence-electron chi connectivity index (χ0n) is 7.91. The van der Waals surface area contributed by atoms with Gasteiger partial charge in [0.05, 0.1) is 0 Å². The molecule has 0 saturated heterocycles. The van der Waals surface area contributed by atoms with E-state index in [0.29, 0.717) is 12.3 Å². The van der Waals surface area contributed by atoms with Crippen LogP contribution in [0.25, 0.3) is 0 Å². The number of amides is 1. The molecule has 1 heterocycles. The van der Waals surface area contributed by atoms with Gasteiger partial charge < -0.3 is 15.2 Å². The van der Waals surface area contributed by atoms with E-state index < -0.39 is 6.09 Å². The normalized spacial score (nSPS) is 13.0. The first-order valence-electron chi connectivity index (χ1n) is 4.48. The smallest absolute Gasteiger partial charge is 0.410 e. The highest BCUT2D eigenvalue weighted by Gasteiger charge is 2.15. The first-order chi connectivity index (χ1) is 7.29. The lowest BCUT2D eigenvalue weighted by Gasteiger charge is -2.16. The molecule has 4 heteroatoms. The van der Waals surface area contributed by atoms with Crippen molar-refractivity contribution in [2.75, 3.05) is 6.61 Å². The minimum Gasteiger partial charge on any atom is -0.410 e. The zero-order valence-corrected chi connectivity index (χ0v) is 7.91. The van der Waals surface area contributed by atoms with Crippen LogP contribution < -0.4 is 10.1 Å². The number of ether oxygens (including phenoxy) is 1. The molecule has 1 aromatic carbocycles. The van der Waals surface area contributed by atoms with E-state index in [9.17, 15) is 4.79 Å². The number of nitrogens with one attached hydrogen (secondary N) is 1. The fourth-order valence-electron chi connectivity index (χ4n) is 1.34. The molecule has 0 unspecified atom stereocenters. The average Bonchev–Trinajstić information content (AvgIpc) is 2.26. The Morgan fingerprint density at radius 3 is 3.20 bits per heavy atom. The van der Waals surface area contributed by atoms with Crippen molar-refractivity contribution < 1.29 is 14.6 Å². The Bertz CT molecular complexity index is 457. The van der Waals surface area contributed by atoms with Gasteiger partial charge in [-0.05, 0) is 18.2 Å². The Hall–Kier alpha value is -1.99. The van der Waals surface area contributed by atoms with Crippen molar-refractivity contribution in [3.8, 4) is 17.6 Å². The van der Waals surface area contributed by atoms with Crippen LogP contribution in [0.2, 0.25) is 0 Å². The second-order valence-corrected chi connectivity index (χ2v) is 3.03. The van der Waals surface area contributed by atoms with Gasteiger partial charge in [-0.1, -0.05) is 11.8 Å². The summed E-state index contributed by atoms with van der Waals surface area (Å²) in [6, 6.07) is 5.28. The number of hydrogen-bond donors (Lipinski definition) is 2. The minimum atomic E-state index is -0.434. The third-order valence-electron chi connectivity index (χ3n) is 2.00. The number of fused-ring (bicyclic) bond motifs is 1. The predicted molar refractivity (Wildman–Crippen MR) is 53.3 cm³/mol. The van der Waals surface area contributed by atoms with Crippen molar-refractivity contribution in [1.82, 2.24) is 5.32 Å². The molecule has 1 amide bonds. The third-order valence-corrected chi connectivity index (χ3v) is 2.00. The fourth-order valence-corrected chi connectivity index (χ4v) is 1.34. The molecule has 2 rings (SSSR count). The number of carbonyl (C=O) groups excluding carboxylic acids is 1. The predicted octanol–water partition coefficient (Wildman–Crippen LogP) is 0.632. The molecular formula is C11H9NO3. The molecule has 0 saturated carbocycles. The molecule has 1 aliphatic heterocycles. The van der Waals surface area contributed by atoms with Gasteiger partial charge in [0.2, 0.25) is 0 Å². The Morgan fingerprint density at radius 1 is 1.53 bits per heavy atom. The van der Waals surface area contributed by atoms with Crippen molar-refractivity contribution >= 4 is 6.09 Å². The van der Waals surface area contributed by atoms with Gasteiger partial charge in [0.25, 0.3) is 0 Å². The Kier molecular flexibility index (Phi) is 2.57. The highest BCUT2D eigenvalue weighted by atomic mass is 16.6. The Morgan fingerprint density at radius 2 is 2.40 bits per heavy atom. The Balaban J connectivity index is 2.30. The van der Waals surface area contributed by atoms with Gasteiger partial charge in [-0.2, -0.15) is 0 Å². The van der Waals surface area contributed by atoms with E-state index in [1.54, 1.807) is 12.1 Å². The van der Waals surface area contributed by atoms with Gasteiger partial charge >= 0.3 is 6.09 Å². The molecule has 1 aliphatic rings. The summed E-state index contributed by atoms with van der Waals surface area (Å²) in [6.45, 7) is 0.285. The van der Waals surface area contributed by atoms with Crippen LogP contribution in [0.3, 0.4) is 0 Å². The summed E-state index contributed by atoms with van der Waals surface area (Å²) in [5, 5.41) is 11.1. The van der Waals surface area contributed by atoms with E-state index in [1.165, 1.54) is 0 Å². The summed E-state index contributed by atoms with van der Waals surface area (Å²) in [5.74, 6) is 5.91. The monoisotopic (exact) mass is 203 g/mol. The van der Waals surface area contributed by atoms with Gasteiger partial charge in [0.15, 0.2) is 0 Å². The summed E-state index contributed by atoms with van der Waals surface area (Å²) in [6.07, 6.45) is -0.434. The lowest BCUT2D eigenvalue weighted by Crippen LogP contribution is -2.31. The van der Waals surface area contributed by atoms with Crippen LogP contribution in [0.1, 0.15) is 11.1 Å². The quantitative estimate of drug-likeness (QED) is 0.608. The lowest BCUT2D eigenvalue weighted by molar-refractivity contribution is 0.194. The first kappa shape index (κ1) is 9.56. The molecule has 0 atom stereocenters. The van der Waals surface area contributed by atoms with E-state index in [4.69, 9.17) is 9.84 Å². The molecule has 0 bridgehead atoms. The van der Waals surface area contributed by atoms with Crippen LogP contribution in [-0.2, 0) is 6.54 Å². The van der Waals surface area contributed by atoms with Crippen LogP contribution in [0, 0.1) is 11.8 Å². The van der Waals surface area contributed by atoms with Crippen molar-refractivity contribution in [3.63, 3.8) is 0 Å². The van der Waals surface area contributed by atoms with Gasteiger partial charge in [-0.25, -0.2) is 4.79 Å². The summed E-state index contributed by atoms with van der Waals surface area (Å²) in [5.41, 5.74) is 1.68. The van der Waals surface area contributed by atoms with E-state index in [1.807, 2.05) is 6.07 Å². The number of benzene rings is 1. The zero-order chi connectivity index (χ0) is 10.7. The summed E-state index contributed by atoms with van der Waals surface area (Å²) >= 11 is 0. The molecule has 0 radical (unpaired) electrons. The van der Waals surface area contributed by atoms with Crippen LogP contribution >= 0.6 is 0 Å². The van der Waals surface area contributed by atoms with Gasteiger partial charge in [0, 0.05) is 17.7 Å². The number of aliphatic hydroxyl groups is 1. The largest absolute Gasteiger partial charge is 0.412 e. The van der Waals surface area contributed by atoms with Crippen molar-refractivity contribution in [1.29, 1.82) is 0 Å². The van der Waals surface area contributed by atoms with E-state index >= 15 is 0 Å².